The Balaban J connectivity index is 1.31. The zero-order chi connectivity index (χ0) is 20.5. The van der Waals surface area contributed by atoms with E-state index in [2.05, 4.69) is 22.0 Å². The zero-order valence-electron chi connectivity index (χ0n) is 17.1. The van der Waals surface area contributed by atoms with Crippen molar-refractivity contribution < 1.29 is 13.9 Å². The van der Waals surface area contributed by atoms with Crippen molar-refractivity contribution >= 4 is 11.6 Å². The van der Waals surface area contributed by atoms with Crippen LogP contribution >= 0.6 is 0 Å². The average molecular weight is 403 g/mol. The first-order valence-corrected chi connectivity index (χ1v) is 10.5. The van der Waals surface area contributed by atoms with Crippen LogP contribution in [0.15, 0.2) is 59.0 Å². The zero-order valence-corrected chi connectivity index (χ0v) is 17.1. The van der Waals surface area contributed by atoms with Crippen molar-refractivity contribution in [2.75, 3.05) is 38.2 Å². The summed E-state index contributed by atoms with van der Waals surface area (Å²) in [6, 6.07) is 17.9. The van der Waals surface area contributed by atoms with E-state index in [0.717, 1.165) is 48.7 Å². The van der Waals surface area contributed by atoms with Gasteiger partial charge < -0.3 is 19.0 Å². The fraction of sp³-hybridized carbons (Fsp3) is 0.333. The summed E-state index contributed by atoms with van der Waals surface area (Å²) < 4.78 is 11.3. The van der Waals surface area contributed by atoms with Crippen LogP contribution in [0.1, 0.15) is 35.0 Å². The Bertz CT molecular complexity index is 1020. The molecule has 1 saturated heterocycles. The topological polar surface area (TPSA) is 58.8 Å². The van der Waals surface area contributed by atoms with Crippen LogP contribution in [-0.4, -0.2) is 49.1 Å². The minimum Gasteiger partial charge on any atom is -0.497 e. The van der Waals surface area contributed by atoms with E-state index in [-0.39, 0.29) is 5.91 Å². The number of oxazole rings is 1. The number of ether oxygens (including phenoxy) is 1. The number of rotatable bonds is 5. The highest BCUT2D eigenvalue weighted by molar-refractivity contribution is 5.94. The second kappa shape index (κ2) is 7.86. The third kappa shape index (κ3) is 3.65. The molecule has 0 atom stereocenters. The summed E-state index contributed by atoms with van der Waals surface area (Å²) in [5.41, 5.74) is 2.55. The quantitative estimate of drug-likeness (QED) is 0.639. The van der Waals surface area contributed by atoms with E-state index in [4.69, 9.17) is 9.15 Å². The molecule has 3 aromatic rings. The number of benzene rings is 2. The molecule has 6 heteroatoms. The first kappa shape index (κ1) is 18.7. The Hall–Kier alpha value is -3.28. The highest BCUT2D eigenvalue weighted by atomic mass is 16.5. The molecule has 6 nitrogen and oxygen atoms in total. The summed E-state index contributed by atoms with van der Waals surface area (Å²) in [6.07, 6.45) is 2.13. The molecule has 1 amide bonds. The Morgan fingerprint density at radius 2 is 1.70 bits per heavy atom. The first-order valence-electron chi connectivity index (χ1n) is 10.5. The maximum atomic E-state index is 13.3. The van der Waals surface area contributed by atoms with Crippen LogP contribution in [0.3, 0.4) is 0 Å². The van der Waals surface area contributed by atoms with Crippen LogP contribution in [0.4, 0.5) is 5.69 Å². The van der Waals surface area contributed by atoms with Gasteiger partial charge in [-0.2, -0.15) is 0 Å². The largest absolute Gasteiger partial charge is 0.497 e. The van der Waals surface area contributed by atoms with Gasteiger partial charge in [0.05, 0.1) is 7.11 Å². The van der Waals surface area contributed by atoms with Crippen molar-refractivity contribution in [3.8, 4) is 17.2 Å². The average Bonchev–Trinajstić information content (AvgIpc) is 3.57. The number of carbonyl (C=O) groups excluding carboxylic acids is 1. The molecular formula is C24H25N3O3. The smallest absolute Gasteiger partial charge is 0.276 e. The minimum atomic E-state index is -0.0165. The van der Waals surface area contributed by atoms with Gasteiger partial charge in [0.1, 0.15) is 11.5 Å². The van der Waals surface area contributed by atoms with Crippen molar-refractivity contribution in [1.29, 1.82) is 0 Å². The molecule has 1 aliphatic heterocycles. The van der Waals surface area contributed by atoms with Gasteiger partial charge in [0.2, 0.25) is 5.89 Å². The molecule has 1 aliphatic carbocycles. The summed E-state index contributed by atoms with van der Waals surface area (Å²) in [5, 5.41) is 0. The Kier molecular flexibility index (Phi) is 4.91. The molecule has 0 radical (unpaired) electrons. The van der Waals surface area contributed by atoms with Crippen molar-refractivity contribution in [1.82, 2.24) is 9.88 Å². The Morgan fingerprint density at radius 3 is 2.33 bits per heavy atom. The van der Waals surface area contributed by atoms with Crippen LogP contribution in [0.2, 0.25) is 0 Å². The molecule has 0 N–H and O–H groups in total. The molecule has 5 rings (SSSR count). The van der Waals surface area contributed by atoms with E-state index in [0.29, 0.717) is 30.6 Å². The van der Waals surface area contributed by atoms with Crippen LogP contribution in [0.25, 0.3) is 11.5 Å². The van der Waals surface area contributed by atoms with Gasteiger partial charge in [-0.15, -0.1) is 0 Å². The highest BCUT2D eigenvalue weighted by Crippen LogP contribution is 2.43. The monoisotopic (exact) mass is 403 g/mol. The van der Waals surface area contributed by atoms with Crippen molar-refractivity contribution in [3.63, 3.8) is 0 Å². The SMILES string of the molecule is COc1ccc(N2CCN(C(=O)c3nc(-c4ccccc4)oc3C3CC3)CC2)cc1. The van der Waals surface area contributed by atoms with Gasteiger partial charge in [-0.1, -0.05) is 18.2 Å². The van der Waals surface area contributed by atoms with E-state index in [1.807, 2.05) is 47.4 Å². The Morgan fingerprint density at radius 1 is 1.00 bits per heavy atom. The van der Waals surface area contributed by atoms with E-state index in [1.165, 1.54) is 0 Å². The minimum absolute atomic E-state index is 0.0165. The maximum absolute atomic E-state index is 13.3. The lowest BCUT2D eigenvalue weighted by atomic mass is 10.2. The lowest BCUT2D eigenvalue weighted by Gasteiger charge is -2.36. The molecule has 2 heterocycles. The molecule has 1 aromatic heterocycles. The molecule has 2 aliphatic rings. The van der Waals surface area contributed by atoms with Gasteiger partial charge in [0, 0.05) is 43.3 Å². The second-order valence-corrected chi connectivity index (χ2v) is 7.85. The number of carbonyl (C=O) groups is 1. The van der Waals surface area contributed by atoms with Gasteiger partial charge in [-0.25, -0.2) is 4.98 Å². The van der Waals surface area contributed by atoms with Crippen molar-refractivity contribution in [2.45, 2.75) is 18.8 Å². The lowest BCUT2D eigenvalue weighted by Crippen LogP contribution is -2.49. The molecule has 30 heavy (non-hydrogen) atoms. The number of hydrogen-bond acceptors (Lipinski definition) is 5. The van der Waals surface area contributed by atoms with E-state index in [9.17, 15) is 4.79 Å². The molecule has 0 unspecified atom stereocenters. The number of hydrogen-bond donors (Lipinski definition) is 0. The summed E-state index contributed by atoms with van der Waals surface area (Å²) >= 11 is 0. The van der Waals surface area contributed by atoms with Crippen LogP contribution < -0.4 is 9.64 Å². The maximum Gasteiger partial charge on any atom is 0.276 e. The number of nitrogens with zero attached hydrogens (tertiary/aromatic N) is 3. The number of methoxy groups -OCH3 is 1. The predicted molar refractivity (Wildman–Crippen MR) is 115 cm³/mol. The van der Waals surface area contributed by atoms with Gasteiger partial charge >= 0.3 is 0 Å². The highest BCUT2D eigenvalue weighted by Gasteiger charge is 2.36. The Labute approximate surface area is 176 Å². The normalized spacial score (nSPS) is 16.6. The lowest BCUT2D eigenvalue weighted by molar-refractivity contribution is 0.0739. The molecule has 0 spiro atoms. The third-order valence-electron chi connectivity index (χ3n) is 5.83. The summed E-state index contributed by atoms with van der Waals surface area (Å²) in [5.74, 6) is 2.46. The number of anilines is 1. The number of aromatic nitrogens is 1. The van der Waals surface area contributed by atoms with Crippen LogP contribution in [0.5, 0.6) is 5.75 Å². The van der Waals surface area contributed by atoms with E-state index < -0.39 is 0 Å². The molecule has 1 saturated carbocycles. The van der Waals surface area contributed by atoms with Gasteiger partial charge in [-0.05, 0) is 49.2 Å². The van der Waals surface area contributed by atoms with Crippen molar-refractivity contribution in [3.05, 3.63) is 66.1 Å². The molecule has 2 aromatic carbocycles. The molecular weight excluding hydrogens is 378 g/mol. The predicted octanol–water partition coefficient (Wildman–Crippen LogP) is 4.19. The fourth-order valence-electron chi connectivity index (χ4n) is 3.92. The standard InChI is InChI=1S/C24H25N3O3/c1-29-20-11-9-19(10-12-20)26-13-15-27(16-14-26)24(28)21-22(17-7-8-17)30-23(25-21)18-5-3-2-4-6-18/h2-6,9-12,17H,7-8,13-16H2,1H3. The van der Waals surface area contributed by atoms with Crippen LogP contribution in [-0.2, 0) is 0 Å². The van der Waals surface area contributed by atoms with Gasteiger partial charge in [0.25, 0.3) is 5.91 Å². The number of piperazine rings is 1. The fourth-order valence-corrected chi connectivity index (χ4v) is 3.92. The molecule has 154 valence electrons. The van der Waals surface area contributed by atoms with Crippen molar-refractivity contribution in [2.24, 2.45) is 0 Å². The van der Waals surface area contributed by atoms with E-state index >= 15 is 0 Å². The van der Waals surface area contributed by atoms with Gasteiger partial charge in [-0.3, -0.25) is 4.79 Å². The second-order valence-electron chi connectivity index (χ2n) is 7.85. The molecule has 2 fully saturated rings. The van der Waals surface area contributed by atoms with E-state index in [1.54, 1.807) is 7.11 Å². The summed E-state index contributed by atoms with van der Waals surface area (Å²) in [6.45, 7) is 2.92. The van der Waals surface area contributed by atoms with Gasteiger partial charge in [0.15, 0.2) is 5.69 Å². The summed E-state index contributed by atoms with van der Waals surface area (Å²) in [7, 11) is 1.67. The number of amides is 1. The summed E-state index contributed by atoms with van der Waals surface area (Å²) in [4.78, 5) is 22.1. The first-order chi connectivity index (χ1) is 14.7. The molecule has 0 bridgehead atoms. The van der Waals surface area contributed by atoms with Crippen LogP contribution in [0, 0.1) is 0 Å². The third-order valence-corrected chi connectivity index (χ3v) is 5.83.